The number of amides is 1. The lowest BCUT2D eigenvalue weighted by Crippen LogP contribution is -2.44. The summed E-state index contributed by atoms with van der Waals surface area (Å²) in [5.74, 6) is 5.48. The summed E-state index contributed by atoms with van der Waals surface area (Å²) in [5.41, 5.74) is 0.559. The van der Waals surface area contributed by atoms with Crippen molar-refractivity contribution in [3.05, 3.63) is 35.9 Å². The molecule has 0 saturated carbocycles. The van der Waals surface area contributed by atoms with Crippen molar-refractivity contribution in [3.63, 3.8) is 0 Å². The van der Waals surface area contributed by atoms with Crippen molar-refractivity contribution >= 4 is 16.4 Å². The summed E-state index contributed by atoms with van der Waals surface area (Å²) in [5, 5.41) is 10.3. The normalized spacial score (nSPS) is 17.0. The van der Waals surface area contributed by atoms with Crippen LogP contribution in [0.1, 0.15) is 37.8 Å². The fraction of sp³-hybridized carbons (Fsp3) is 0.526. The molecule has 2 rings (SSSR count). The molecule has 1 atom stereocenters. The van der Waals surface area contributed by atoms with E-state index in [1.165, 1.54) is 4.31 Å². The monoisotopic (exact) mass is 394 g/mol. The van der Waals surface area contributed by atoms with Gasteiger partial charge in [0, 0.05) is 19.5 Å². The van der Waals surface area contributed by atoms with Gasteiger partial charge in [0.1, 0.15) is 6.61 Å². The molecule has 1 fully saturated rings. The van der Waals surface area contributed by atoms with Crippen LogP contribution in [0, 0.1) is 11.8 Å². The van der Waals surface area contributed by atoms with Gasteiger partial charge in [0.15, 0.2) is 0 Å². The number of hydrogen-bond donors (Lipinski definition) is 1. The molecule has 1 aliphatic heterocycles. The molecule has 8 heteroatoms. The van der Waals surface area contributed by atoms with Crippen LogP contribution >= 0.6 is 0 Å². The first-order valence-electron chi connectivity index (χ1n) is 9.00. The Hall–Kier alpha value is -1.92. The lowest BCUT2D eigenvalue weighted by molar-refractivity contribution is -0.159. The maximum Gasteiger partial charge on any atom is 0.233 e. The topological polar surface area (TPSA) is 87.2 Å². The lowest BCUT2D eigenvalue weighted by Gasteiger charge is -2.32. The molecule has 1 aromatic rings. The molecule has 27 heavy (non-hydrogen) atoms. The molecule has 1 unspecified atom stereocenters. The molecule has 1 aromatic carbocycles. The molecular weight excluding hydrogens is 368 g/mol. The van der Waals surface area contributed by atoms with Gasteiger partial charge >= 0.3 is 0 Å². The summed E-state index contributed by atoms with van der Waals surface area (Å²) in [4.78, 5) is 11.0. The average Bonchev–Trinajstić information content (AvgIpc) is 2.70. The fourth-order valence-electron chi connectivity index (χ4n) is 2.99. The van der Waals surface area contributed by atoms with E-state index in [1.54, 1.807) is 30.3 Å². The van der Waals surface area contributed by atoms with Crippen molar-refractivity contribution in [2.24, 2.45) is 0 Å². The number of nitrogens with zero attached hydrogens (tertiary/aromatic N) is 2. The largest absolute Gasteiger partial charge is 0.365 e. The van der Waals surface area contributed by atoms with E-state index in [4.69, 9.17) is 4.74 Å². The summed E-state index contributed by atoms with van der Waals surface area (Å²) in [6.45, 7) is 3.03. The smallest absolute Gasteiger partial charge is 0.233 e. The minimum Gasteiger partial charge on any atom is -0.365 e. The number of sulfonamides is 1. The summed E-state index contributed by atoms with van der Waals surface area (Å²) >= 11 is 0. The Morgan fingerprint density at radius 1 is 1.30 bits per heavy atom. The summed E-state index contributed by atoms with van der Waals surface area (Å²) in [7, 11) is -3.65. The molecule has 1 N–H and O–H groups in total. The average molecular weight is 394 g/mol. The third kappa shape index (κ3) is 6.33. The Morgan fingerprint density at radius 2 is 1.96 bits per heavy atom. The molecule has 1 heterocycles. The van der Waals surface area contributed by atoms with Gasteiger partial charge in [-0.15, -0.1) is 5.92 Å². The van der Waals surface area contributed by atoms with Crippen molar-refractivity contribution in [2.75, 3.05) is 25.4 Å². The molecule has 0 aromatic heterocycles. The van der Waals surface area contributed by atoms with Crippen molar-refractivity contribution in [2.45, 2.75) is 38.3 Å². The molecule has 1 amide bonds. The molecule has 1 saturated heterocycles. The van der Waals surface area contributed by atoms with E-state index in [2.05, 4.69) is 11.8 Å². The van der Waals surface area contributed by atoms with Crippen molar-refractivity contribution in [3.8, 4) is 11.8 Å². The number of carbonyl (C=O) groups is 1. The summed E-state index contributed by atoms with van der Waals surface area (Å²) < 4.78 is 32.7. The zero-order valence-electron chi connectivity index (χ0n) is 15.5. The SMILES string of the molecule is CCC#CCOC1CCN(S(=O)(=O)CC(c2ccccc2)N(O)C=O)CC1. The van der Waals surface area contributed by atoms with Gasteiger partial charge in [0.2, 0.25) is 16.4 Å². The Labute approximate surface area is 160 Å². The highest BCUT2D eigenvalue weighted by Gasteiger charge is 2.32. The quantitative estimate of drug-likeness (QED) is 0.314. The van der Waals surface area contributed by atoms with Crippen molar-refractivity contribution < 1.29 is 23.2 Å². The molecule has 0 radical (unpaired) electrons. The number of ether oxygens (including phenoxy) is 1. The van der Waals surface area contributed by atoms with E-state index in [0.717, 1.165) is 6.42 Å². The minimum absolute atomic E-state index is 0.00292. The van der Waals surface area contributed by atoms with Crippen LogP contribution in [0.25, 0.3) is 0 Å². The van der Waals surface area contributed by atoms with Crippen LogP contribution < -0.4 is 0 Å². The second kappa shape index (κ2) is 10.4. The number of carbonyl (C=O) groups excluding carboxylic acids is 1. The molecule has 0 aliphatic carbocycles. The first-order chi connectivity index (χ1) is 13.0. The second-order valence-corrected chi connectivity index (χ2v) is 8.32. The van der Waals surface area contributed by atoms with Gasteiger partial charge in [-0.1, -0.05) is 43.2 Å². The fourth-order valence-corrected chi connectivity index (χ4v) is 4.71. The Kier molecular flexibility index (Phi) is 8.25. The number of benzene rings is 1. The third-order valence-corrected chi connectivity index (χ3v) is 6.36. The molecule has 0 bridgehead atoms. The maximum atomic E-state index is 12.8. The van der Waals surface area contributed by atoms with Gasteiger partial charge in [-0.05, 0) is 18.4 Å². The van der Waals surface area contributed by atoms with E-state index in [1.807, 2.05) is 6.92 Å². The minimum atomic E-state index is -3.65. The zero-order chi connectivity index (χ0) is 19.7. The maximum absolute atomic E-state index is 12.8. The first kappa shape index (κ1) is 21.4. The van der Waals surface area contributed by atoms with Gasteiger partial charge in [-0.2, -0.15) is 0 Å². The summed E-state index contributed by atoms with van der Waals surface area (Å²) in [6.07, 6.45) is 2.20. The highest BCUT2D eigenvalue weighted by atomic mass is 32.2. The van der Waals surface area contributed by atoms with Crippen LogP contribution in [-0.2, 0) is 19.6 Å². The molecule has 7 nitrogen and oxygen atoms in total. The van der Waals surface area contributed by atoms with Crippen LogP contribution in [-0.4, -0.2) is 61.0 Å². The van der Waals surface area contributed by atoms with Crippen molar-refractivity contribution in [1.29, 1.82) is 0 Å². The van der Waals surface area contributed by atoms with Gasteiger partial charge in [0.25, 0.3) is 0 Å². The Balaban J connectivity index is 1.98. The van der Waals surface area contributed by atoms with E-state index in [0.29, 0.717) is 43.2 Å². The van der Waals surface area contributed by atoms with Crippen LogP contribution in [0.3, 0.4) is 0 Å². The van der Waals surface area contributed by atoms with Crippen molar-refractivity contribution in [1.82, 2.24) is 9.37 Å². The van der Waals surface area contributed by atoms with E-state index < -0.39 is 16.1 Å². The number of rotatable bonds is 8. The number of hydrogen-bond acceptors (Lipinski definition) is 5. The molecule has 0 spiro atoms. The predicted molar refractivity (Wildman–Crippen MR) is 101 cm³/mol. The Morgan fingerprint density at radius 3 is 2.56 bits per heavy atom. The predicted octanol–water partition coefficient (Wildman–Crippen LogP) is 1.80. The highest BCUT2D eigenvalue weighted by molar-refractivity contribution is 7.89. The van der Waals surface area contributed by atoms with E-state index >= 15 is 0 Å². The standard InChI is InChI=1S/C19H26N2O5S/c1-2-3-7-14-26-18-10-12-20(13-11-18)27(24,25)15-19(21(23)16-22)17-8-5-4-6-9-17/h4-6,8-9,16,18-19,23H,2,10-15H2,1H3. The van der Waals surface area contributed by atoms with Gasteiger partial charge in [-0.25, -0.2) is 17.8 Å². The van der Waals surface area contributed by atoms with Crippen LogP contribution in [0.2, 0.25) is 0 Å². The number of piperidine rings is 1. The van der Waals surface area contributed by atoms with Crippen LogP contribution in [0.5, 0.6) is 0 Å². The van der Waals surface area contributed by atoms with Gasteiger partial charge in [-0.3, -0.25) is 10.0 Å². The highest BCUT2D eigenvalue weighted by Crippen LogP contribution is 2.24. The second-order valence-electron chi connectivity index (χ2n) is 6.31. The third-order valence-electron chi connectivity index (χ3n) is 4.47. The number of hydroxylamine groups is 2. The summed E-state index contributed by atoms with van der Waals surface area (Å²) in [6, 6.07) is 7.67. The molecular formula is C19H26N2O5S. The van der Waals surface area contributed by atoms with Crippen LogP contribution in [0.4, 0.5) is 0 Å². The molecule has 1 aliphatic rings. The van der Waals surface area contributed by atoms with E-state index in [-0.39, 0.29) is 18.3 Å². The van der Waals surface area contributed by atoms with E-state index in [9.17, 15) is 18.4 Å². The van der Waals surface area contributed by atoms with Gasteiger partial charge in [0.05, 0.1) is 17.9 Å². The van der Waals surface area contributed by atoms with Crippen LogP contribution in [0.15, 0.2) is 30.3 Å². The van der Waals surface area contributed by atoms with Gasteiger partial charge < -0.3 is 4.74 Å². The first-order valence-corrected chi connectivity index (χ1v) is 10.6. The zero-order valence-corrected chi connectivity index (χ0v) is 16.3. The molecule has 148 valence electrons. The lowest BCUT2D eigenvalue weighted by atomic mass is 10.1. The Bertz CT molecular complexity index is 749.